The van der Waals surface area contributed by atoms with E-state index in [9.17, 15) is 9.59 Å². The van der Waals surface area contributed by atoms with Gasteiger partial charge in [0.25, 0.3) is 0 Å². The maximum Gasteiger partial charge on any atom is 0.193 e. The Hall–Kier alpha value is -2.40. The van der Waals surface area contributed by atoms with Gasteiger partial charge >= 0.3 is 0 Å². The number of ketones is 2. The number of aryl methyl sites for hydroxylation is 1. The SMILES string of the molecule is COc1ccc(CN(CC(=O)c2[nH]c(C)c(C(C)=O)c2C)C2CC2)cc1. The first-order valence-corrected chi connectivity index (χ1v) is 9.01. The summed E-state index contributed by atoms with van der Waals surface area (Å²) in [4.78, 5) is 30.0. The molecule has 1 aliphatic carbocycles. The van der Waals surface area contributed by atoms with Crippen molar-refractivity contribution in [3.63, 3.8) is 0 Å². The van der Waals surface area contributed by atoms with Crippen LogP contribution >= 0.6 is 0 Å². The van der Waals surface area contributed by atoms with E-state index in [4.69, 9.17) is 4.74 Å². The Morgan fingerprint density at radius 3 is 2.35 bits per heavy atom. The Morgan fingerprint density at radius 2 is 1.85 bits per heavy atom. The van der Waals surface area contributed by atoms with Gasteiger partial charge in [-0.2, -0.15) is 0 Å². The van der Waals surface area contributed by atoms with Crippen LogP contribution in [0.2, 0.25) is 0 Å². The van der Waals surface area contributed by atoms with Gasteiger partial charge in [0.05, 0.1) is 19.3 Å². The lowest BCUT2D eigenvalue weighted by atomic mass is 10.0. The van der Waals surface area contributed by atoms with Crippen molar-refractivity contribution >= 4 is 11.6 Å². The van der Waals surface area contributed by atoms with Gasteiger partial charge in [0.2, 0.25) is 0 Å². The maximum absolute atomic E-state index is 12.9. The number of H-pyrrole nitrogens is 1. The zero-order valence-corrected chi connectivity index (χ0v) is 15.9. The molecule has 3 rings (SSSR count). The van der Waals surface area contributed by atoms with E-state index in [1.807, 2.05) is 38.1 Å². The molecule has 1 aromatic heterocycles. The predicted octanol–water partition coefficient (Wildman–Crippen LogP) is 3.69. The van der Waals surface area contributed by atoms with Crippen LogP contribution in [0.25, 0.3) is 0 Å². The number of aromatic nitrogens is 1. The summed E-state index contributed by atoms with van der Waals surface area (Å²) < 4.78 is 5.20. The number of benzene rings is 1. The van der Waals surface area contributed by atoms with Crippen molar-refractivity contribution in [3.8, 4) is 5.75 Å². The Balaban J connectivity index is 1.75. The zero-order chi connectivity index (χ0) is 18.8. The zero-order valence-electron chi connectivity index (χ0n) is 15.9. The lowest BCUT2D eigenvalue weighted by molar-refractivity contribution is 0.0914. The number of ether oxygens (including phenoxy) is 1. The Kier molecular flexibility index (Phi) is 5.28. The number of hydrogen-bond acceptors (Lipinski definition) is 4. The van der Waals surface area contributed by atoms with E-state index in [1.165, 1.54) is 6.92 Å². The molecule has 1 N–H and O–H groups in total. The van der Waals surface area contributed by atoms with E-state index in [1.54, 1.807) is 7.11 Å². The number of aromatic amines is 1. The normalized spacial score (nSPS) is 13.9. The summed E-state index contributed by atoms with van der Waals surface area (Å²) in [5.41, 5.74) is 3.90. The standard InChI is InChI=1S/C21H26N2O3/c1-13-20(15(3)24)14(2)22-21(13)19(25)12-23(17-7-8-17)11-16-5-9-18(26-4)10-6-16/h5-6,9-10,17,22H,7-8,11-12H2,1-4H3. The molecular weight excluding hydrogens is 328 g/mol. The minimum absolute atomic E-state index is 0.00687. The quantitative estimate of drug-likeness (QED) is 0.735. The highest BCUT2D eigenvalue weighted by molar-refractivity contribution is 6.03. The number of nitrogens with zero attached hydrogens (tertiary/aromatic N) is 1. The summed E-state index contributed by atoms with van der Waals surface area (Å²) in [5.74, 6) is 0.864. The molecule has 0 amide bonds. The summed E-state index contributed by atoms with van der Waals surface area (Å²) in [6, 6.07) is 8.43. The van der Waals surface area contributed by atoms with Gasteiger partial charge in [-0.15, -0.1) is 0 Å². The van der Waals surface area contributed by atoms with Crippen LogP contribution in [0.5, 0.6) is 5.75 Å². The summed E-state index contributed by atoms with van der Waals surface area (Å²) in [5, 5.41) is 0. The van der Waals surface area contributed by atoms with E-state index < -0.39 is 0 Å². The molecule has 26 heavy (non-hydrogen) atoms. The molecule has 138 valence electrons. The van der Waals surface area contributed by atoms with Crippen LogP contribution < -0.4 is 4.74 Å². The third-order valence-corrected chi connectivity index (χ3v) is 5.02. The van der Waals surface area contributed by atoms with Gasteiger partial charge in [-0.05, 0) is 56.9 Å². The molecule has 0 atom stereocenters. The molecule has 0 spiro atoms. The summed E-state index contributed by atoms with van der Waals surface area (Å²) >= 11 is 0. The van der Waals surface area contributed by atoms with Crippen LogP contribution in [0.1, 0.15) is 57.4 Å². The molecular formula is C21H26N2O3. The molecule has 0 bridgehead atoms. The molecule has 5 heteroatoms. The highest BCUT2D eigenvalue weighted by Gasteiger charge is 2.31. The molecule has 1 fully saturated rings. The van der Waals surface area contributed by atoms with Crippen molar-refractivity contribution in [1.82, 2.24) is 9.88 Å². The van der Waals surface area contributed by atoms with E-state index in [2.05, 4.69) is 9.88 Å². The van der Waals surface area contributed by atoms with Crippen LogP contribution in [-0.2, 0) is 6.54 Å². The first-order chi connectivity index (χ1) is 12.4. The van der Waals surface area contributed by atoms with Crippen LogP contribution in [0.15, 0.2) is 24.3 Å². The minimum atomic E-state index is -0.00687. The summed E-state index contributed by atoms with van der Waals surface area (Å²) in [7, 11) is 1.65. The predicted molar refractivity (Wildman–Crippen MR) is 101 cm³/mol. The molecule has 1 aliphatic rings. The molecule has 2 aromatic rings. The molecule has 0 saturated heterocycles. The fourth-order valence-corrected chi connectivity index (χ4v) is 3.54. The number of hydrogen-bond donors (Lipinski definition) is 1. The molecule has 1 aromatic carbocycles. The lowest BCUT2D eigenvalue weighted by Gasteiger charge is -2.21. The van der Waals surface area contributed by atoms with Crippen LogP contribution in [-0.4, -0.2) is 41.1 Å². The minimum Gasteiger partial charge on any atom is -0.497 e. The second-order valence-electron chi connectivity index (χ2n) is 7.09. The smallest absolute Gasteiger partial charge is 0.193 e. The number of rotatable bonds is 8. The van der Waals surface area contributed by atoms with Gasteiger partial charge in [0, 0.05) is 23.8 Å². The molecule has 0 aliphatic heterocycles. The van der Waals surface area contributed by atoms with Gasteiger partial charge < -0.3 is 9.72 Å². The average molecular weight is 354 g/mol. The van der Waals surface area contributed by atoms with Crippen LogP contribution in [0, 0.1) is 13.8 Å². The maximum atomic E-state index is 12.9. The first-order valence-electron chi connectivity index (χ1n) is 9.01. The second kappa shape index (κ2) is 7.46. The highest BCUT2D eigenvalue weighted by atomic mass is 16.5. The average Bonchev–Trinajstić information content (AvgIpc) is 3.40. The van der Waals surface area contributed by atoms with Crippen LogP contribution in [0.3, 0.4) is 0 Å². The van der Waals surface area contributed by atoms with Crippen molar-refractivity contribution in [2.75, 3.05) is 13.7 Å². The second-order valence-corrected chi connectivity index (χ2v) is 7.09. The molecule has 0 radical (unpaired) electrons. The van der Waals surface area contributed by atoms with Crippen LogP contribution in [0.4, 0.5) is 0 Å². The van der Waals surface area contributed by atoms with Gasteiger partial charge in [-0.25, -0.2) is 0 Å². The largest absolute Gasteiger partial charge is 0.497 e. The number of methoxy groups -OCH3 is 1. The van der Waals surface area contributed by atoms with Crippen molar-refractivity contribution in [3.05, 3.63) is 52.3 Å². The van der Waals surface area contributed by atoms with Crippen molar-refractivity contribution < 1.29 is 14.3 Å². The van der Waals surface area contributed by atoms with Gasteiger partial charge in [0.15, 0.2) is 11.6 Å². The van der Waals surface area contributed by atoms with Gasteiger partial charge in [-0.1, -0.05) is 12.1 Å². The third-order valence-electron chi connectivity index (χ3n) is 5.02. The third kappa shape index (κ3) is 3.88. The topological polar surface area (TPSA) is 62.4 Å². The first kappa shape index (κ1) is 18.4. The monoisotopic (exact) mass is 354 g/mol. The van der Waals surface area contributed by atoms with E-state index in [0.29, 0.717) is 23.8 Å². The Morgan fingerprint density at radius 1 is 1.19 bits per heavy atom. The molecule has 5 nitrogen and oxygen atoms in total. The van der Waals surface area contributed by atoms with E-state index in [0.717, 1.165) is 42.0 Å². The molecule has 1 heterocycles. The number of carbonyl (C=O) groups is 2. The van der Waals surface area contributed by atoms with Crippen molar-refractivity contribution in [1.29, 1.82) is 0 Å². The van der Waals surface area contributed by atoms with E-state index >= 15 is 0 Å². The number of nitrogens with one attached hydrogen (secondary N) is 1. The fourth-order valence-electron chi connectivity index (χ4n) is 3.54. The van der Waals surface area contributed by atoms with Crippen molar-refractivity contribution in [2.24, 2.45) is 0 Å². The molecule has 0 unspecified atom stereocenters. The molecule has 1 saturated carbocycles. The van der Waals surface area contributed by atoms with Gasteiger partial charge in [0.1, 0.15) is 5.75 Å². The lowest BCUT2D eigenvalue weighted by Crippen LogP contribution is -2.32. The Labute approximate surface area is 154 Å². The van der Waals surface area contributed by atoms with Crippen molar-refractivity contribution in [2.45, 2.75) is 46.2 Å². The van der Waals surface area contributed by atoms with Gasteiger partial charge in [-0.3, -0.25) is 14.5 Å². The fraction of sp³-hybridized carbons (Fsp3) is 0.429. The number of Topliss-reactive ketones (excluding diaryl/α,β-unsaturated/α-hetero) is 2. The number of carbonyl (C=O) groups excluding carboxylic acids is 2. The Bertz CT molecular complexity index is 817. The summed E-state index contributed by atoms with van der Waals surface area (Å²) in [6.07, 6.45) is 2.26. The van der Waals surface area contributed by atoms with E-state index in [-0.39, 0.29) is 11.6 Å². The highest BCUT2D eigenvalue weighted by Crippen LogP contribution is 2.29. The summed E-state index contributed by atoms with van der Waals surface area (Å²) in [6.45, 7) is 6.32.